The fraction of sp³-hybridized carbons (Fsp3) is 0. The van der Waals surface area contributed by atoms with Gasteiger partial charge in [-0.15, -0.1) is 0 Å². The van der Waals surface area contributed by atoms with Crippen LogP contribution < -0.4 is 4.73 Å². The second kappa shape index (κ2) is 7.25. The van der Waals surface area contributed by atoms with Crippen LogP contribution in [0.5, 0.6) is 0 Å². The highest BCUT2D eigenvalue weighted by Crippen LogP contribution is 2.39. The van der Waals surface area contributed by atoms with E-state index in [0.717, 1.165) is 10.9 Å². The Morgan fingerprint density at radius 2 is 1.10 bits per heavy atom. The van der Waals surface area contributed by atoms with Crippen LogP contribution in [0, 0.1) is 5.21 Å². The monoisotopic (exact) mass is 378 g/mol. The quantitative estimate of drug-likeness (QED) is 0.261. The Morgan fingerprint density at radius 1 is 0.552 bits per heavy atom. The zero-order valence-corrected chi connectivity index (χ0v) is 15.4. The van der Waals surface area contributed by atoms with Gasteiger partial charge in [0.2, 0.25) is 11.4 Å². The lowest BCUT2D eigenvalue weighted by molar-refractivity contribution is -0.580. The first-order chi connectivity index (χ1) is 16.4. The summed E-state index contributed by atoms with van der Waals surface area (Å²) in [5.41, 5.74) is 2.49. The number of hydrogen-bond donors (Lipinski definition) is 0. The standard InChI is InChI=1S/C27H19NO/c29-28-26(21-14-6-2-7-15-21)24-19-11-10-18-23(24)25(20-12-4-1-5-13-20)27(28)22-16-8-3-9-17-22/h1-19H/i2D,6D,7D,14D,15D. The summed E-state index contributed by atoms with van der Waals surface area (Å²) >= 11 is 0. The van der Waals surface area contributed by atoms with Gasteiger partial charge < -0.3 is 5.21 Å². The minimum atomic E-state index is -0.496. The molecule has 29 heavy (non-hydrogen) atoms. The van der Waals surface area contributed by atoms with Gasteiger partial charge in [0.25, 0.3) is 0 Å². The summed E-state index contributed by atoms with van der Waals surface area (Å²) in [6.45, 7) is 0. The topological polar surface area (TPSA) is 26.9 Å². The van der Waals surface area contributed by atoms with Crippen molar-refractivity contribution in [2.75, 3.05) is 0 Å². The molecular weight excluding hydrogens is 354 g/mol. The lowest BCUT2D eigenvalue weighted by Crippen LogP contribution is -2.33. The zero-order chi connectivity index (χ0) is 24.0. The average Bonchev–Trinajstić information content (AvgIpc) is 2.88. The fourth-order valence-electron chi connectivity index (χ4n) is 3.72. The highest BCUT2D eigenvalue weighted by Gasteiger charge is 2.26. The molecule has 1 heterocycles. The molecule has 2 heteroatoms. The van der Waals surface area contributed by atoms with Crippen LogP contribution in [0.4, 0.5) is 0 Å². The molecule has 0 aliphatic rings. The number of hydrogen-bond acceptors (Lipinski definition) is 1. The second-order valence-electron chi connectivity index (χ2n) is 6.64. The summed E-state index contributed by atoms with van der Waals surface area (Å²) in [5, 5.41) is 15.4. The first kappa shape index (κ1) is 12.5. The fourth-order valence-corrected chi connectivity index (χ4v) is 3.72. The smallest absolute Gasteiger partial charge is 0.232 e. The molecule has 0 aliphatic carbocycles. The first-order valence-electron chi connectivity index (χ1n) is 11.8. The summed E-state index contributed by atoms with van der Waals surface area (Å²) in [4.78, 5) is 0. The lowest BCUT2D eigenvalue weighted by Gasteiger charge is -2.18. The van der Waals surface area contributed by atoms with Crippen molar-refractivity contribution in [3.05, 3.63) is 120 Å². The van der Waals surface area contributed by atoms with Gasteiger partial charge in [0.15, 0.2) is 0 Å². The number of fused-ring (bicyclic) bond motifs is 1. The van der Waals surface area contributed by atoms with Crippen molar-refractivity contribution in [1.29, 1.82) is 0 Å². The van der Waals surface area contributed by atoms with Gasteiger partial charge in [0.05, 0.1) is 17.8 Å². The van der Waals surface area contributed by atoms with E-state index in [2.05, 4.69) is 0 Å². The van der Waals surface area contributed by atoms with Gasteiger partial charge in [-0.05, 0) is 35.8 Å². The highest BCUT2D eigenvalue weighted by atomic mass is 16.5. The largest absolute Gasteiger partial charge is 0.618 e. The van der Waals surface area contributed by atoms with E-state index < -0.39 is 30.2 Å². The minimum Gasteiger partial charge on any atom is -0.618 e. The van der Waals surface area contributed by atoms with Gasteiger partial charge >= 0.3 is 0 Å². The maximum Gasteiger partial charge on any atom is 0.232 e. The molecule has 138 valence electrons. The van der Waals surface area contributed by atoms with Crippen LogP contribution in [0.1, 0.15) is 6.85 Å². The van der Waals surface area contributed by atoms with Crippen molar-refractivity contribution in [2.45, 2.75) is 0 Å². The van der Waals surface area contributed by atoms with Crippen molar-refractivity contribution >= 4 is 10.8 Å². The van der Waals surface area contributed by atoms with E-state index >= 15 is 0 Å². The molecule has 0 bridgehead atoms. The molecule has 0 radical (unpaired) electrons. The molecule has 4 aromatic carbocycles. The van der Waals surface area contributed by atoms with Crippen LogP contribution in [0.25, 0.3) is 44.4 Å². The van der Waals surface area contributed by atoms with Gasteiger partial charge in [0.1, 0.15) is 0 Å². The van der Waals surface area contributed by atoms with Crippen molar-refractivity contribution < 1.29 is 11.6 Å². The van der Waals surface area contributed by atoms with Crippen LogP contribution in [-0.4, -0.2) is 0 Å². The van der Waals surface area contributed by atoms with Gasteiger partial charge in [-0.25, -0.2) is 0 Å². The number of rotatable bonds is 3. The Labute approximate surface area is 176 Å². The van der Waals surface area contributed by atoms with E-state index in [9.17, 15) is 5.21 Å². The third-order valence-electron chi connectivity index (χ3n) is 4.94. The molecule has 0 fully saturated rings. The lowest BCUT2D eigenvalue weighted by atomic mass is 9.91. The van der Waals surface area contributed by atoms with E-state index in [-0.39, 0.29) is 11.3 Å². The molecule has 0 aliphatic heterocycles. The van der Waals surface area contributed by atoms with E-state index in [1.165, 1.54) is 0 Å². The highest BCUT2D eigenvalue weighted by molar-refractivity contribution is 6.06. The number of aromatic nitrogens is 1. The third kappa shape index (κ3) is 2.95. The Balaban J connectivity index is 2.03. The van der Waals surface area contributed by atoms with Crippen molar-refractivity contribution in [3.8, 4) is 33.6 Å². The van der Waals surface area contributed by atoms with E-state index in [1.807, 2.05) is 72.8 Å². The van der Waals surface area contributed by atoms with Crippen molar-refractivity contribution in [2.24, 2.45) is 0 Å². The molecule has 0 spiro atoms. The Kier molecular flexibility index (Phi) is 3.13. The third-order valence-corrected chi connectivity index (χ3v) is 4.94. The summed E-state index contributed by atoms with van der Waals surface area (Å²) < 4.78 is 42.0. The Bertz CT molecular complexity index is 1520. The minimum absolute atomic E-state index is 0.0335. The van der Waals surface area contributed by atoms with Crippen LogP contribution in [-0.2, 0) is 0 Å². The van der Waals surface area contributed by atoms with E-state index in [4.69, 9.17) is 6.85 Å². The Morgan fingerprint density at radius 3 is 1.76 bits per heavy atom. The maximum absolute atomic E-state index is 14.2. The van der Waals surface area contributed by atoms with Crippen LogP contribution in [0.3, 0.4) is 0 Å². The summed E-state index contributed by atoms with van der Waals surface area (Å²) in [7, 11) is 0. The normalized spacial score (nSPS) is 13.3. The van der Waals surface area contributed by atoms with Crippen LogP contribution in [0.15, 0.2) is 115 Å². The number of pyridine rings is 1. The van der Waals surface area contributed by atoms with E-state index in [1.54, 1.807) is 12.1 Å². The maximum atomic E-state index is 14.2. The van der Waals surface area contributed by atoms with Crippen LogP contribution in [0.2, 0.25) is 0 Å². The predicted octanol–water partition coefficient (Wildman–Crippen LogP) is 6.47. The van der Waals surface area contributed by atoms with Crippen molar-refractivity contribution in [3.63, 3.8) is 0 Å². The molecule has 0 saturated carbocycles. The van der Waals surface area contributed by atoms with Gasteiger partial charge in [-0.3, -0.25) is 0 Å². The molecule has 2 nitrogen and oxygen atoms in total. The molecule has 0 N–H and O–H groups in total. The molecule has 0 amide bonds. The SMILES string of the molecule is [2H]c1c([2H])c([2H])c(-c2c3ccccc3c(-c3ccccc3)c(-c3ccccc3)[n+]2[O-])c([2H])c1[2H]. The van der Waals surface area contributed by atoms with Gasteiger partial charge in [-0.2, -0.15) is 4.73 Å². The molecule has 0 atom stereocenters. The molecule has 1 aromatic heterocycles. The average molecular weight is 378 g/mol. The summed E-state index contributed by atoms with van der Waals surface area (Å²) in [5.74, 6) is 0. The van der Waals surface area contributed by atoms with Crippen LogP contribution >= 0.6 is 0 Å². The van der Waals surface area contributed by atoms with E-state index in [0.29, 0.717) is 26.9 Å². The summed E-state index contributed by atoms with van der Waals surface area (Å²) in [6.07, 6.45) is 0. The molecule has 0 saturated heterocycles. The van der Waals surface area contributed by atoms with Gasteiger partial charge in [-0.1, -0.05) is 84.9 Å². The molecule has 5 aromatic rings. The second-order valence-corrected chi connectivity index (χ2v) is 6.64. The number of benzene rings is 4. The molecule has 0 unspecified atom stereocenters. The van der Waals surface area contributed by atoms with Gasteiger partial charge in [0, 0.05) is 16.5 Å². The summed E-state index contributed by atoms with van der Waals surface area (Å²) in [6, 6.07) is 23.8. The zero-order valence-electron chi connectivity index (χ0n) is 20.4. The predicted molar refractivity (Wildman–Crippen MR) is 119 cm³/mol. The molecular formula is C27H19NO. The van der Waals surface area contributed by atoms with Crippen molar-refractivity contribution in [1.82, 2.24) is 0 Å². The first-order valence-corrected chi connectivity index (χ1v) is 9.28. The number of nitrogens with zero attached hydrogens (tertiary/aromatic N) is 1. The molecule has 5 rings (SSSR count). The Hall–Kier alpha value is -3.91.